The summed E-state index contributed by atoms with van der Waals surface area (Å²) in [5, 5.41) is 11.8. The Bertz CT molecular complexity index is 722. The monoisotopic (exact) mass is 344 g/mol. The van der Waals surface area contributed by atoms with E-state index in [1.807, 2.05) is 0 Å². The van der Waals surface area contributed by atoms with Crippen molar-refractivity contribution in [1.82, 2.24) is 5.32 Å². The van der Waals surface area contributed by atoms with Crippen molar-refractivity contribution >= 4 is 11.9 Å². The second kappa shape index (κ2) is 8.94. The van der Waals surface area contributed by atoms with Crippen molar-refractivity contribution in [3.8, 4) is 0 Å². The molecule has 2 aromatic carbocycles. The van der Waals surface area contributed by atoms with E-state index in [1.54, 1.807) is 48.5 Å². The van der Waals surface area contributed by atoms with Crippen molar-refractivity contribution < 1.29 is 19.1 Å². The number of benzene rings is 2. The summed E-state index contributed by atoms with van der Waals surface area (Å²) in [5.41, 5.74) is 7.01. The van der Waals surface area contributed by atoms with Gasteiger partial charge in [0.05, 0.1) is 0 Å². The van der Waals surface area contributed by atoms with Crippen LogP contribution in [0.3, 0.4) is 0 Å². The summed E-state index contributed by atoms with van der Waals surface area (Å²) >= 11 is 0. The summed E-state index contributed by atoms with van der Waals surface area (Å²) in [6.45, 7) is 0. The zero-order valence-corrected chi connectivity index (χ0v) is 13.7. The SMILES string of the molecule is N[C@H](C(=O)NC(CCCc1ccccc1F)C(=O)O)c1ccccc1. The molecular formula is C19H21FN2O3. The number of hydrogen-bond donors (Lipinski definition) is 3. The fourth-order valence-corrected chi connectivity index (χ4v) is 2.53. The summed E-state index contributed by atoms with van der Waals surface area (Å²) in [5.74, 6) is -2.00. The van der Waals surface area contributed by atoms with Crippen molar-refractivity contribution in [1.29, 1.82) is 0 Å². The van der Waals surface area contributed by atoms with Crippen molar-refractivity contribution in [2.24, 2.45) is 5.73 Å². The highest BCUT2D eigenvalue weighted by molar-refractivity contribution is 5.87. The van der Waals surface area contributed by atoms with E-state index in [4.69, 9.17) is 5.73 Å². The molecule has 1 amide bonds. The summed E-state index contributed by atoms with van der Waals surface area (Å²) < 4.78 is 13.6. The van der Waals surface area contributed by atoms with Gasteiger partial charge in [-0.15, -0.1) is 0 Å². The number of nitrogens with one attached hydrogen (secondary N) is 1. The fraction of sp³-hybridized carbons (Fsp3) is 0.263. The molecule has 2 aromatic rings. The second-order valence-corrected chi connectivity index (χ2v) is 5.77. The molecule has 0 fully saturated rings. The molecule has 0 aromatic heterocycles. The van der Waals surface area contributed by atoms with Gasteiger partial charge in [-0.05, 0) is 36.5 Å². The van der Waals surface area contributed by atoms with E-state index >= 15 is 0 Å². The van der Waals surface area contributed by atoms with Crippen LogP contribution in [0.5, 0.6) is 0 Å². The number of carbonyl (C=O) groups excluding carboxylic acids is 1. The van der Waals surface area contributed by atoms with Gasteiger partial charge in [-0.25, -0.2) is 9.18 Å². The minimum atomic E-state index is -1.14. The molecule has 0 radical (unpaired) electrons. The number of aryl methyl sites for hydroxylation is 1. The topological polar surface area (TPSA) is 92.4 Å². The zero-order chi connectivity index (χ0) is 18.2. The largest absolute Gasteiger partial charge is 0.480 e. The van der Waals surface area contributed by atoms with Gasteiger partial charge in [0.2, 0.25) is 5.91 Å². The van der Waals surface area contributed by atoms with Gasteiger partial charge in [0.15, 0.2) is 0 Å². The molecule has 25 heavy (non-hydrogen) atoms. The first-order valence-corrected chi connectivity index (χ1v) is 8.06. The molecule has 0 spiro atoms. The number of carbonyl (C=O) groups is 2. The molecule has 1 unspecified atom stereocenters. The van der Waals surface area contributed by atoms with Gasteiger partial charge in [-0.2, -0.15) is 0 Å². The van der Waals surface area contributed by atoms with Crippen LogP contribution in [0.4, 0.5) is 4.39 Å². The lowest BCUT2D eigenvalue weighted by Crippen LogP contribution is -2.45. The molecule has 4 N–H and O–H groups in total. The lowest BCUT2D eigenvalue weighted by molar-refractivity contribution is -0.142. The van der Waals surface area contributed by atoms with Crippen LogP contribution in [-0.2, 0) is 16.0 Å². The van der Waals surface area contributed by atoms with Gasteiger partial charge in [-0.1, -0.05) is 48.5 Å². The first-order chi connectivity index (χ1) is 12.0. The third kappa shape index (κ3) is 5.39. The van der Waals surface area contributed by atoms with Crippen LogP contribution in [0.1, 0.15) is 30.0 Å². The molecule has 0 heterocycles. The van der Waals surface area contributed by atoms with Crippen LogP contribution in [0.25, 0.3) is 0 Å². The molecule has 2 atom stereocenters. The first-order valence-electron chi connectivity index (χ1n) is 8.06. The van der Waals surface area contributed by atoms with E-state index in [9.17, 15) is 19.1 Å². The minimum Gasteiger partial charge on any atom is -0.480 e. The normalized spacial score (nSPS) is 13.0. The summed E-state index contributed by atoms with van der Waals surface area (Å²) in [6, 6.07) is 13.1. The molecule has 0 aliphatic rings. The van der Waals surface area contributed by atoms with Crippen LogP contribution < -0.4 is 11.1 Å². The van der Waals surface area contributed by atoms with Crippen LogP contribution >= 0.6 is 0 Å². The summed E-state index contributed by atoms with van der Waals surface area (Å²) in [4.78, 5) is 23.6. The molecule has 132 valence electrons. The molecular weight excluding hydrogens is 323 g/mol. The number of carboxylic acid groups (broad SMARTS) is 1. The number of aliphatic carboxylic acids is 1. The Labute approximate surface area is 145 Å². The number of carboxylic acids is 1. The lowest BCUT2D eigenvalue weighted by atomic mass is 10.0. The highest BCUT2D eigenvalue weighted by atomic mass is 19.1. The van der Waals surface area contributed by atoms with E-state index in [0.717, 1.165) is 0 Å². The Morgan fingerprint density at radius 1 is 1.08 bits per heavy atom. The van der Waals surface area contributed by atoms with E-state index in [-0.39, 0.29) is 12.2 Å². The Hall–Kier alpha value is -2.73. The Kier molecular flexibility index (Phi) is 6.65. The van der Waals surface area contributed by atoms with Crippen LogP contribution in [0.2, 0.25) is 0 Å². The molecule has 0 aliphatic carbocycles. The van der Waals surface area contributed by atoms with Crippen molar-refractivity contribution in [3.63, 3.8) is 0 Å². The van der Waals surface area contributed by atoms with Crippen LogP contribution in [-0.4, -0.2) is 23.0 Å². The number of amides is 1. The Morgan fingerprint density at radius 3 is 2.36 bits per heavy atom. The average Bonchev–Trinajstić information content (AvgIpc) is 2.62. The molecule has 2 rings (SSSR count). The van der Waals surface area contributed by atoms with Gasteiger partial charge >= 0.3 is 5.97 Å². The predicted octanol–water partition coefficient (Wildman–Crippen LogP) is 2.42. The van der Waals surface area contributed by atoms with Crippen molar-refractivity contribution in [2.45, 2.75) is 31.3 Å². The number of nitrogens with two attached hydrogens (primary N) is 1. The molecule has 0 aliphatic heterocycles. The fourth-order valence-electron chi connectivity index (χ4n) is 2.53. The van der Waals surface area contributed by atoms with E-state index < -0.39 is 24.0 Å². The lowest BCUT2D eigenvalue weighted by Gasteiger charge is -2.18. The van der Waals surface area contributed by atoms with Crippen LogP contribution in [0, 0.1) is 5.82 Å². The predicted molar refractivity (Wildman–Crippen MR) is 92.3 cm³/mol. The molecule has 5 nitrogen and oxygen atoms in total. The zero-order valence-electron chi connectivity index (χ0n) is 13.7. The van der Waals surface area contributed by atoms with Gasteiger partial charge in [0.1, 0.15) is 17.9 Å². The highest BCUT2D eigenvalue weighted by Crippen LogP contribution is 2.13. The van der Waals surface area contributed by atoms with E-state index in [1.165, 1.54) is 6.07 Å². The smallest absolute Gasteiger partial charge is 0.326 e. The maximum atomic E-state index is 13.6. The molecule has 0 saturated carbocycles. The summed E-state index contributed by atoms with van der Waals surface area (Å²) in [7, 11) is 0. The van der Waals surface area contributed by atoms with E-state index in [2.05, 4.69) is 5.32 Å². The maximum Gasteiger partial charge on any atom is 0.326 e. The first kappa shape index (κ1) is 18.6. The van der Waals surface area contributed by atoms with Crippen LogP contribution in [0.15, 0.2) is 54.6 Å². The standard InChI is InChI=1S/C19H21FN2O3/c20-15-11-5-4-7-13(15)10-6-12-16(19(24)25)22-18(23)17(21)14-8-2-1-3-9-14/h1-5,7-9,11,16-17H,6,10,12,21H2,(H,22,23)(H,24,25)/t16?,17-/m0/s1. The van der Waals surface area contributed by atoms with Gasteiger partial charge in [-0.3, -0.25) is 4.79 Å². The molecule has 6 heteroatoms. The Balaban J connectivity index is 1.91. The Morgan fingerprint density at radius 2 is 1.72 bits per heavy atom. The third-order valence-corrected chi connectivity index (χ3v) is 3.95. The van der Waals surface area contributed by atoms with Gasteiger partial charge in [0, 0.05) is 0 Å². The van der Waals surface area contributed by atoms with Crippen molar-refractivity contribution in [2.75, 3.05) is 0 Å². The highest BCUT2D eigenvalue weighted by Gasteiger charge is 2.23. The quantitative estimate of drug-likeness (QED) is 0.686. The molecule has 0 saturated heterocycles. The van der Waals surface area contributed by atoms with Crippen molar-refractivity contribution in [3.05, 3.63) is 71.5 Å². The molecule has 0 bridgehead atoms. The summed E-state index contributed by atoms with van der Waals surface area (Å²) in [6.07, 6.45) is 1.02. The number of rotatable bonds is 8. The second-order valence-electron chi connectivity index (χ2n) is 5.77. The van der Waals surface area contributed by atoms with Gasteiger partial charge < -0.3 is 16.2 Å². The van der Waals surface area contributed by atoms with Gasteiger partial charge in [0.25, 0.3) is 0 Å². The number of halogens is 1. The average molecular weight is 344 g/mol. The number of hydrogen-bond acceptors (Lipinski definition) is 3. The minimum absolute atomic E-state index is 0.191. The van der Waals surface area contributed by atoms with E-state index in [0.29, 0.717) is 24.0 Å². The maximum absolute atomic E-state index is 13.6. The third-order valence-electron chi connectivity index (χ3n) is 3.95.